The van der Waals surface area contributed by atoms with Crippen LogP contribution < -0.4 is 0 Å². The van der Waals surface area contributed by atoms with Crippen LogP contribution in [0.5, 0.6) is 0 Å². The average molecular weight is 574 g/mol. The highest BCUT2D eigenvalue weighted by Gasteiger charge is 2.35. The summed E-state index contributed by atoms with van der Waals surface area (Å²) >= 11 is 12.6. The number of hydrogen-bond donors (Lipinski definition) is 0. The maximum absolute atomic E-state index is 13.1. The van der Waals surface area contributed by atoms with Crippen molar-refractivity contribution in [3.05, 3.63) is 69.7 Å². The minimum Gasteiger partial charge on any atom is -0.347 e. The minimum absolute atomic E-state index is 0.0184. The molecule has 2 aromatic carbocycles. The number of halogens is 2. The Balaban J connectivity index is 1.38. The van der Waals surface area contributed by atoms with Crippen LogP contribution in [-0.4, -0.2) is 97.4 Å². The van der Waals surface area contributed by atoms with Crippen molar-refractivity contribution in [1.29, 1.82) is 0 Å². The van der Waals surface area contributed by atoms with Gasteiger partial charge in [0.15, 0.2) is 0 Å². The Morgan fingerprint density at radius 3 is 2.31 bits per heavy atom. The van der Waals surface area contributed by atoms with Gasteiger partial charge < -0.3 is 14.7 Å². The van der Waals surface area contributed by atoms with Gasteiger partial charge >= 0.3 is 0 Å². The van der Waals surface area contributed by atoms with Gasteiger partial charge in [-0.25, -0.2) is 0 Å². The summed E-state index contributed by atoms with van der Waals surface area (Å²) in [5.74, 6) is 0.403. The first-order valence-electron chi connectivity index (χ1n) is 14.2. The third-order valence-corrected chi connectivity index (χ3v) is 9.11. The number of likely N-dealkylation sites (tertiary alicyclic amines) is 2. The SMILES string of the molecule is CN(C)C(=O)C1CCCCN1C1CCN(CCC(CN(C)C(=O)c2ccccc2)c2ccc(Cl)c(Cl)c2)CC1. The van der Waals surface area contributed by atoms with E-state index in [1.165, 1.54) is 6.42 Å². The van der Waals surface area contributed by atoms with E-state index in [1.807, 2.05) is 74.6 Å². The van der Waals surface area contributed by atoms with Crippen molar-refractivity contribution >= 4 is 35.0 Å². The molecular formula is C31H42Cl2N4O2. The largest absolute Gasteiger partial charge is 0.347 e. The monoisotopic (exact) mass is 572 g/mol. The standard InChI is InChI=1S/C31H42Cl2N4O2/c1-34(2)31(39)29-11-7-8-17-37(29)26-15-19-36(20-16-26)18-14-25(24-12-13-27(32)28(33)21-24)22-35(3)30(38)23-9-5-4-6-10-23/h4-6,9-10,12-13,21,25-26,29H,7-8,11,14-20,22H2,1-3H3. The third kappa shape index (κ3) is 7.75. The van der Waals surface area contributed by atoms with Crippen molar-refractivity contribution in [3.8, 4) is 0 Å². The van der Waals surface area contributed by atoms with Crippen molar-refractivity contribution < 1.29 is 9.59 Å². The van der Waals surface area contributed by atoms with Gasteiger partial charge in [-0.05, 0) is 88.1 Å². The summed E-state index contributed by atoms with van der Waals surface area (Å²) in [7, 11) is 5.61. The first kappa shape index (κ1) is 29.9. The third-order valence-electron chi connectivity index (χ3n) is 8.37. The van der Waals surface area contributed by atoms with E-state index in [4.69, 9.17) is 23.2 Å². The fourth-order valence-electron chi connectivity index (χ4n) is 6.11. The summed E-state index contributed by atoms with van der Waals surface area (Å²) in [6.45, 7) is 4.62. The molecule has 8 heteroatoms. The summed E-state index contributed by atoms with van der Waals surface area (Å²) in [5.41, 5.74) is 1.80. The molecule has 6 nitrogen and oxygen atoms in total. The van der Waals surface area contributed by atoms with Crippen LogP contribution in [0.1, 0.15) is 60.4 Å². The average Bonchev–Trinajstić information content (AvgIpc) is 2.96. The summed E-state index contributed by atoms with van der Waals surface area (Å²) in [4.78, 5) is 34.5. The second kappa shape index (κ2) is 14.0. The van der Waals surface area contributed by atoms with Gasteiger partial charge in [0.2, 0.25) is 5.91 Å². The lowest BCUT2D eigenvalue weighted by Gasteiger charge is -2.44. The Bertz CT molecular complexity index is 1110. The molecule has 2 unspecified atom stereocenters. The Morgan fingerprint density at radius 2 is 1.64 bits per heavy atom. The van der Waals surface area contributed by atoms with Crippen LogP contribution in [0.4, 0.5) is 0 Å². The molecule has 0 radical (unpaired) electrons. The Kier molecular flexibility index (Phi) is 10.7. The fourth-order valence-corrected chi connectivity index (χ4v) is 6.42. The van der Waals surface area contributed by atoms with Crippen LogP contribution in [0.3, 0.4) is 0 Å². The molecule has 0 bridgehead atoms. The van der Waals surface area contributed by atoms with Gasteiger partial charge in [0.1, 0.15) is 0 Å². The molecule has 39 heavy (non-hydrogen) atoms. The number of carbonyl (C=O) groups excluding carboxylic acids is 2. The predicted octanol–water partition coefficient (Wildman–Crippen LogP) is 5.65. The second-order valence-electron chi connectivity index (χ2n) is 11.3. The van der Waals surface area contributed by atoms with E-state index in [2.05, 4.69) is 9.80 Å². The van der Waals surface area contributed by atoms with Gasteiger partial charge in [0.05, 0.1) is 16.1 Å². The van der Waals surface area contributed by atoms with Crippen LogP contribution in [0.2, 0.25) is 10.0 Å². The molecule has 2 aliphatic rings. The van der Waals surface area contributed by atoms with Crippen LogP contribution in [-0.2, 0) is 4.79 Å². The highest BCUT2D eigenvalue weighted by Crippen LogP contribution is 2.30. The summed E-state index contributed by atoms with van der Waals surface area (Å²) in [5, 5.41) is 1.08. The Morgan fingerprint density at radius 1 is 0.923 bits per heavy atom. The van der Waals surface area contributed by atoms with Gasteiger partial charge in [-0.1, -0.05) is 53.9 Å². The molecule has 0 aliphatic carbocycles. The highest BCUT2D eigenvalue weighted by molar-refractivity contribution is 6.42. The number of amides is 2. The molecule has 2 atom stereocenters. The molecule has 0 saturated carbocycles. The quantitative estimate of drug-likeness (QED) is 0.389. The highest BCUT2D eigenvalue weighted by atomic mass is 35.5. The number of piperidine rings is 2. The molecule has 2 saturated heterocycles. The van der Waals surface area contributed by atoms with E-state index in [0.29, 0.717) is 28.2 Å². The minimum atomic E-state index is 0.0184. The lowest BCUT2D eigenvalue weighted by Crippen LogP contribution is -2.55. The molecule has 0 aromatic heterocycles. The molecule has 0 spiro atoms. The van der Waals surface area contributed by atoms with Gasteiger partial charge in [-0.2, -0.15) is 0 Å². The van der Waals surface area contributed by atoms with E-state index in [1.54, 1.807) is 4.90 Å². The maximum atomic E-state index is 13.1. The van der Waals surface area contributed by atoms with Crippen molar-refractivity contribution in [2.24, 2.45) is 0 Å². The molecule has 2 fully saturated rings. The van der Waals surface area contributed by atoms with Crippen molar-refractivity contribution in [2.75, 3.05) is 53.9 Å². The summed E-state index contributed by atoms with van der Waals surface area (Å²) in [6, 6.07) is 15.7. The lowest BCUT2D eigenvalue weighted by molar-refractivity contribution is -0.137. The van der Waals surface area contributed by atoms with Crippen LogP contribution >= 0.6 is 23.2 Å². The zero-order chi connectivity index (χ0) is 27.9. The van der Waals surface area contributed by atoms with Crippen molar-refractivity contribution in [3.63, 3.8) is 0 Å². The first-order chi connectivity index (χ1) is 18.7. The number of rotatable bonds is 9. The first-order valence-corrected chi connectivity index (χ1v) is 14.9. The van der Waals surface area contributed by atoms with Gasteiger partial charge in [-0.3, -0.25) is 14.5 Å². The number of carbonyl (C=O) groups is 2. The number of nitrogens with zero attached hydrogens (tertiary/aromatic N) is 4. The van der Waals surface area contributed by atoms with Crippen LogP contribution in [0.25, 0.3) is 0 Å². The molecule has 2 aromatic rings. The topological polar surface area (TPSA) is 47.1 Å². The lowest BCUT2D eigenvalue weighted by atomic mass is 9.92. The van der Waals surface area contributed by atoms with Gasteiger partial charge in [0, 0.05) is 45.2 Å². The Labute approximate surface area is 243 Å². The predicted molar refractivity (Wildman–Crippen MR) is 160 cm³/mol. The fraction of sp³-hybridized carbons (Fsp3) is 0.548. The van der Waals surface area contributed by atoms with E-state index in [9.17, 15) is 9.59 Å². The summed E-state index contributed by atoms with van der Waals surface area (Å²) < 4.78 is 0. The molecule has 2 amide bonds. The summed E-state index contributed by atoms with van der Waals surface area (Å²) in [6.07, 6.45) is 6.37. The second-order valence-corrected chi connectivity index (χ2v) is 12.1. The smallest absolute Gasteiger partial charge is 0.253 e. The number of hydrogen-bond acceptors (Lipinski definition) is 4. The number of benzene rings is 2. The van der Waals surface area contributed by atoms with Crippen LogP contribution in [0.15, 0.2) is 48.5 Å². The molecule has 0 N–H and O–H groups in total. The van der Waals surface area contributed by atoms with Crippen molar-refractivity contribution in [1.82, 2.24) is 19.6 Å². The molecular weight excluding hydrogens is 531 g/mol. The van der Waals surface area contributed by atoms with Gasteiger partial charge in [0.25, 0.3) is 5.91 Å². The van der Waals surface area contributed by atoms with Crippen molar-refractivity contribution in [2.45, 2.75) is 56.5 Å². The maximum Gasteiger partial charge on any atom is 0.253 e. The molecule has 2 heterocycles. The normalized spacial score (nSPS) is 20.0. The van der Waals surface area contributed by atoms with Crippen LogP contribution in [0, 0.1) is 0 Å². The van der Waals surface area contributed by atoms with E-state index in [-0.39, 0.29) is 23.8 Å². The van der Waals surface area contributed by atoms with E-state index < -0.39 is 0 Å². The molecule has 2 aliphatic heterocycles. The van der Waals surface area contributed by atoms with Gasteiger partial charge in [-0.15, -0.1) is 0 Å². The molecule has 212 valence electrons. The van der Waals surface area contributed by atoms with E-state index in [0.717, 1.165) is 63.8 Å². The number of likely N-dealkylation sites (N-methyl/N-ethyl adjacent to an activating group) is 2. The molecule has 4 rings (SSSR count). The Hall–Kier alpha value is -2.12. The zero-order valence-corrected chi connectivity index (χ0v) is 25.0. The zero-order valence-electron chi connectivity index (χ0n) is 23.5. The van der Waals surface area contributed by atoms with E-state index >= 15 is 0 Å².